The minimum absolute atomic E-state index is 0.0667. The SMILES string of the molecule is C=NC(=N/C=C(\C)C(F)(F)F)C1(OC)C=C(C#N)C(=O)C(C)(C)C1. The number of ether oxygens (including phenoxy) is 1. The molecule has 1 atom stereocenters. The Morgan fingerprint density at radius 1 is 1.50 bits per heavy atom. The van der Waals surface area contributed by atoms with Gasteiger partial charge in [0.1, 0.15) is 11.7 Å². The van der Waals surface area contributed by atoms with E-state index in [1.54, 1.807) is 19.9 Å². The molecule has 1 unspecified atom stereocenters. The maximum atomic E-state index is 12.6. The first kappa shape index (κ1) is 19.8. The van der Waals surface area contributed by atoms with Crippen LogP contribution in [0.15, 0.2) is 33.4 Å². The molecule has 1 aliphatic carbocycles. The van der Waals surface area contributed by atoms with Gasteiger partial charge in [-0.15, -0.1) is 0 Å². The van der Waals surface area contributed by atoms with Crippen LogP contribution in [0.4, 0.5) is 13.2 Å². The Morgan fingerprint density at radius 3 is 2.50 bits per heavy atom. The highest BCUT2D eigenvalue weighted by Crippen LogP contribution is 2.40. The van der Waals surface area contributed by atoms with Gasteiger partial charge in [-0.25, -0.2) is 9.98 Å². The van der Waals surface area contributed by atoms with Crippen LogP contribution in [0.2, 0.25) is 0 Å². The Morgan fingerprint density at radius 2 is 2.08 bits per heavy atom. The van der Waals surface area contributed by atoms with Crippen LogP contribution in [-0.2, 0) is 9.53 Å². The van der Waals surface area contributed by atoms with Crippen molar-refractivity contribution in [2.75, 3.05) is 7.11 Å². The van der Waals surface area contributed by atoms with E-state index >= 15 is 0 Å². The number of nitrogens with zero attached hydrogens (tertiary/aromatic N) is 3. The van der Waals surface area contributed by atoms with E-state index in [1.165, 1.54) is 13.2 Å². The minimum Gasteiger partial charge on any atom is -0.366 e. The molecule has 0 aromatic rings. The molecule has 0 bridgehead atoms. The highest BCUT2D eigenvalue weighted by Gasteiger charge is 2.48. The number of Topliss-reactive ketones (excluding diaryl/α,β-unsaturated/α-hetero) is 1. The first-order valence-electron chi connectivity index (χ1n) is 6.95. The number of hydrogen-bond acceptors (Lipinski definition) is 4. The van der Waals surface area contributed by atoms with Crippen molar-refractivity contribution in [2.45, 2.75) is 39.0 Å². The average molecular weight is 341 g/mol. The molecule has 0 fully saturated rings. The Bertz CT molecular complexity index is 682. The molecule has 0 amide bonds. The largest absolute Gasteiger partial charge is 0.413 e. The number of carbonyl (C=O) groups excluding carboxylic acids is 1. The quantitative estimate of drug-likeness (QED) is 0.583. The summed E-state index contributed by atoms with van der Waals surface area (Å²) in [6, 6.07) is 1.79. The van der Waals surface area contributed by atoms with Crippen LogP contribution in [0, 0.1) is 16.7 Å². The lowest BCUT2D eigenvalue weighted by Crippen LogP contribution is -2.48. The molecule has 1 aliphatic rings. The molecule has 0 aromatic carbocycles. The van der Waals surface area contributed by atoms with Gasteiger partial charge in [-0.2, -0.15) is 18.4 Å². The second-order valence-electron chi connectivity index (χ2n) is 6.07. The summed E-state index contributed by atoms with van der Waals surface area (Å²) in [6.45, 7) is 7.42. The number of amidine groups is 1. The number of allylic oxidation sites excluding steroid dienone is 2. The summed E-state index contributed by atoms with van der Waals surface area (Å²) < 4.78 is 43.2. The number of aliphatic imine (C=N–C) groups is 2. The van der Waals surface area contributed by atoms with E-state index < -0.39 is 22.8 Å². The van der Waals surface area contributed by atoms with Crippen molar-refractivity contribution in [3.8, 4) is 6.07 Å². The van der Waals surface area contributed by atoms with Crippen LogP contribution in [0.5, 0.6) is 0 Å². The summed E-state index contributed by atoms with van der Waals surface area (Å²) in [7, 11) is 1.30. The van der Waals surface area contributed by atoms with Crippen molar-refractivity contribution in [1.82, 2.24) is 0 Å². The fourth-order valence-electron chi connectivity index (χ4n) is 2.42. The van der Waals surface area contributed by atoms with Gasteiger partial charge in [0.2, 0.25) is 0 Å². The standard InChI is InChI=1S/C16H18F3N3O2/c1-10(16(17,18)19)8-22-13(21-4)15(24-5)6-11(7-20)12(23)14(2,3)9-15/h6,8H,4,9H2,1-3,5H3/b10-8+,22-13?. The Hall–Kier alpha value is -2.27. The fourth-order valence-corrected chi connectivity index (χ4v) is 2.42. The predicted molar refractivity (Wildman–Crippen MR) is 83.6 cm³/mol. The van der Waals surface area contributed by atoms with Gasteiger partial charge in [0, 0.05) is 24.3 Å². The molecule has 0 spiro atoms. The third-order valence-electron chi connectivity index (χ3n) is 3.78. The third kappa shape index (κ3) is 3.79. The smallest absolute Gasteiger partial charge is 0.366 e. The molecule has 0 aromatic heterocycles. The van der Waals surface area contributed by atoms with E-state index in [4.69, 9.17) is 10.00 Å². The number of alkyl halides is 3. The molecule has 1 rings (SSSR count). The van der Waals surface area contributed by atoms with Gasteiger partial charge >= 0.3 is 6.18 Å². The van der Waals surface area contributed by atoms with E-state index in [2.05, 4.69) is 16.7 Å². The minimum atomic E-state index is -4.52. The molecular formula is C16H18F3N3O2. The highest BCUT2D eigenvalue weighted by molar-refractivity contribution is 6.07. The second kappa shape index (κ2) is 6.69. The van der Waals surface area contributed by atoms with Crippen LogP contribution < -0.4 is 0 Å². The molecule has 0 heterocycles. The number of carbonyl (C=O) groups is 1. The first-order chi connectivity index (χ1) is 10.9. The average Bonchev–Trinajstić information content (AvgIpc) is 2.49. The maximum Gasteiger partial charge on any atom is 0.413 e. The topological polar surface area (TPSA) is 74.8 Å². The zero-order valence-corrected chi connectivity index (χ0v) is 13.9. The molecular weight excluding hydrogens is 323 g/mol. The number of rotatable bonds is 3. The zero-order chi connectivity index (χ0) is 18.8. The van der Waals surface area contributed by atoms with E-state index in [9.17, 15) is 18.0 Å². The lowest BCUT2D eigenvalue weighted by molar-refractivity contribution is -0.126. The number of halogens is 3. The summed E-state index contributed by atoms with van der Waals surface area (Å²) in [4.78, 5) is 19.6. The summed E-state index contributed by atoms with van der Waals surface area (Å²) >= 11 is 0. The Kier molecular flexibility index (Phi) is 5.51. The monoisotopic (exact) mass is 341 g/mol. The lowest BCUT2D eigenvalue weighted by Gasteiger charge is -2.39. The maximum absolute atomic E-state index is 12.6. The van der Waals surface area contributed by atoms with E-state index in [-0.39, 0.29) is 23.6 Å². The van der Waals surface area contributed by atoms with Gasteiger partial charge < -0.3 is 4.74 Å². The molecule has 8 heteroatoms. The van der Waals surface area contributed by atoms with E-state index in [1.807, 2.05) is 0 Å². The van der Waals surface area contributed by atoms with Gasteiger partial charge in [0.15, 0.2) is 11.6 Å². The molecule has 130 valence electrons. The van der Waals surface area contributed by atoms with Crippen LogP contribution in [0.3, 0.4) is 0 Å². The molecule has 5 nitrogen and oxygen atoms in total. The Balaban J connectivity index is 3.51. The third-order valence-corrected chi connectivity index (χ3v) is 3.78. The van der Waals surface area contributed by atoms with Crippen LogP contribution in [-0.4, -0.2) is 37.2 Å². The van der Waals surface area contributed by atoms with Gasteiger partial charge in [0.05, 0.1) is 5.57 Å². The highest BCUT2D eigenvalue weighted by atomic mass is 19.4. The van der Waals surface area contributed by atoms with Gasteiger partial charge in [-0.1, -0.05) is 13.8 Å². The van der Waals surface area contributed by atoms with Crippen LogP contribution in [0.1, 0.15) is 27.2 Å². The number of methoxy groups -OCH3 is 1. The van der Waals surface area contributed by atoms with E-state index in [0.29, 0.717) is 6.20 Å². The van der Waals surface area contributed by atoms with E-state index in [0.717, 1.165) is 6.92 Å². The number of hydrogen-bond donors (Lipinski definition) is 0. The Labute approximate surface area is 138 Å². The fraction of sp³-hybridized carbons (Fsp3) is 0.500. The molecule has 0 aliphatic heterocycles. The van der Waals surface area contributed by atoms with Crippen molar-refractivity contribution in [3.63, 3.8) is 0 Å². The van der Waals surface area contributed by atoms with Crippen molar-refractivity contribution >= 4 is 18.3 Å². The number of nitriles is 1. The van der Waals surface area contributed by atoms with Gasteiger partial charge in [-0.3, -0.25) is 4.79 Å². The zero-order valence-electron chi connectivity index (χ0n) is 13.9. The van der Waals surface area contributed by atoms with Gasteiger partial charge in [-0.05, 0) is 26.1 Å². The van der Waals surface area contributed by atoms with Crippen molar-refractivity contribution in [1.29, 1.82) is 5.26 Å². The summed E-state index contributed by atoms with van der Waals surface area (Å²) in [5.41, 5.74) is -3.46. The molecule has 0 saturated heterocycles. The molecule has 0 N–H and O–H groups in total. The first-order valence-corrected chi connectivity index (χ1v) is 6.95. The van der Waals surface area contributed by atoms with Crippen molar-refractivity contribution in [3.05, 3.63) is 23.4 Å². The molecule has 24 heavy (non-hydrogen) atoms. The van der Waals surface area contributed by atoms with Crippen molar-refractivity contribution < 1.29 is 22.7 Å². The summed E-state index contributed by atoms with van der Waals surface area (Å²) in [6.07, 6.45) is -2.60. The van der Waals surface area contributed by atoms with Gasteiger partial charge in [0.25, 0.3) is 0 Å². The molecule has 0 saturated carbocycles. The summed E-state index contributed by atoms with van der Waals surface area (Å²) in [5, 5.41) is 9.16. The second-order valence-corrected chi connectivity index (χ2v) is 6.07. The van der Waals surface area contributed by atoms with Crippen LogP contribution in [0.25, 0.3) is 0 Å². The normalized spacial score (nSPS) is 25.1. The molecule has 0 radical (unpaired) electrons. The van der Waals surface area contributed by atoms with Crippen LogP contribution >= 0.6 is 0 Å². The predicted octanol–water partition coefficient (Wildman–Crippen LogP) is 3.39. The lowest BCUT2D eigenvalue weighted by atomic mass is 9.69. The number of ketones is 1. The van der Waals surface area contributed by atoms with Crippen molar-refractivity contribution in [2.24, 2.45) is 15.4 Å². The summed E-state index contributed by atoms with van der Waals surface area (Å²) in [5.74, 6) is -0.523.